The van der Waals surface area contributed by atoms with E-state index >= 15 is 0 Å². The van der Waals surface area contributed by atoms with Gasteiger partial charge in [-0.2, -0.15) is 0 Å². The molecule has 0 saturated heterocycles. The van der Waals surface area contributed by atoms with Crippen molar-refractivity contribution in [3.63, 3.8) is 0 Å². The summed E-state index contributed by atoms with van der Waals surface area (Å²) in [7, 11) is 1.57. The molecule has 0 fully saturated rings. The number of aromatic hydroxyl groups is 1. The molecule has 0 unspecified atom stereocenters. The van der Waals surface area contributed by atoms with Crippen LogP contribution in [0.3, 0.4) is 0 Å². The van der Waals surface area contributed by atoms with Crippen molar-refractivity contribution in [2.24, 2.45) is 0 Å². The highest BCUT2D eigenvalue weighted by Gasteiger charge is 2.09. The molecule has 3 nitrogen and oxygen atoms in total. The molecule has 4 heteroatoms. The smallest absolute Gasteiger partial charge is 0.160 e. The van der Waals surface area contributed by atoms with Gasteiger partial charge in [-0.25, -0.2) is 0 Å². The van der Waals surface area contributed by atoms with Crippen LogP contribution >= 0.6 is 15.9 Å². The van der Waals surface area contributed by atoms with Gasteiger partial charge in [0.25, 0.3) is 0 Å². The maximum absolute atomic E-state index is 10.1. The molecule has 0 spiro atoms. The fourth-order valence-corrected chi connectivity index (χ4v) is 3.72. The summed E-state index contributed by atoms with van der Waals surface area (Å²) in [6, 6.07) is 24.8. The highest BCUT2D eigenvalue weighted by Crippen LogP contribution is 2.27. The predicted molar refractivity (Wildman–Crippen MR) is 123 cm³/mol. The summed E-state index contributed by atoms with van der Waals surface area (Å²) >= 11 is 3.50. The lowest BCUT2D eigenvalue weighted by Crippen LogP contribution is -2.27. The Morgan fingerprint density at radius 1 is 0.828 bits per heavy atom. The van der Waals surface area contributed by atoms with Crippen molar-refractivity contribution >= 4 is 15.9 Å². The van der Waals surface area contributed by atoms with Crippen LogP contribution in [-0.4, -0.2) is 30.2 Å². The summed E-state index contributed by atoms with van der Waals surface area (Å²) in [6.45, 7) is 2.80. The van der Waals surface area contributed by atoms with E-state index in [0.717, 1.165) is 48.9 Å². The summed E-state index contributed by atoms with van der Waals surface area (Å²) in [4.78, 5) is 2.46. The van der Waals surface area contributed by atoms with E-state index in [9.17, 15) is 5.11 Å². The summed E-state index contributed by atoms with van der Waals surface area (Å²) < 4.78 is 6.27. The second-order valence-corrected chi connectivity index (χ2v) is 8.16. The van der Waals surface area contributed by atoms with Gasteiger partial charge in [0.05, 0.1) is 7.11 Å². The molecular weight excluding hydrogens is 426 g/mol. The number of ether oxygens (including phenoxy) is 1. The fraction of sp³-hybridized carbons (Fsp3) is 0.280. The van der Waals surface area contributed by atoms with E-state index in [1.54, 1.807) is 7.11 Å². The zero-order chi connectivity index (χ0) is 20.5. The van der Waals surface area contributed by atoms with Crippen LogP contribution < -0.4 is 4.74 Å². The molecule has 3 rings (SSSR count). The van der Waals surface area contributed by atoms with Crippen LogP contribution in [-0.2, 0) is 19.4 Å². The summed E-state index contributed by atoms with van der Waals surface area (Å²) in [5, 5.41) is 10.1. The van der Waals surface area contributed by atoms with Crippen molar-refractivity contribution in [1.82, 2.24) is 4.90 Å². The molecular formula is C25H28BrNO2. The van der Waals surface area contributed by atoms with E-state index in [-0.39, 0.29) is 5.75 Å². The number of phenolic OH excluding ortho intramolecular Hbond substituents is 1. The number of benzene rings is 3. The molecule has 0 heterocycles. The first-order valence-electron chi connectivity index (χ1n) is 10.0. The zero-order valence-electron chi connectivity index (χ0n) is 16.9. The van der Waals surface area contributed by atoms with E-state index in [0.29, 0.717) is 5.75 Å². The minimum Gasteiger partial charge on any atom is -0.504 e. The van der Waals surface area contributed by atoms with Gasteiger partial charge >= 0.3 is 0 Å². The van der Waals surface area contributed by atoms with E-state index in [1.165, 1.54) is 11.1 Å². The molecule has 0 bridgehead atoms. The van der Waals surface area contributed by atoms with Gasteiger partial charge in [0.1, 0.15) is 0 Å². The van der Waals surface area contributed by atoms with Crippen molar-refractivity contribution < 1.29 is 9.84 Å². The summed E-state index contributed by atoms with van der Waals surface area (Å²) in [5.74, 6) is 0.710. The van der Waals surface area contributed by atoms with Gasteiger partial charge in [0.15, 0.2) is 11.5 Å². The fourth-order valence-electron chi connectivity index (χ4n) is 3.45. The third-order valence-corrected chi connectivity index (χ3v) is 5.59. The molecule has 0 aliphatic carbocycles. The third kappa shape index (κ3) is 6.91. The highest BCUT2D eigenvalue weighted by molar-refractivity contribution is 9.10. The van der Waals surface area contributed by atoms with Crippen LogP contribution in [0.5, 0.6) is 11.5 Å². The van der Waals surface area contributed by atoms with E-state index in [1.807, 2.05) is 18.2 Å². The number of phenols is 1. The minimum absolute atomic E-state index is 0.196. The first kappa shape index (κ1) is 21.4. The SMILES string of the molecule is COc1ccc(CN(CCCc2ccccc2)CCc2ccc(Br)cc2)cc1O. The van der Waals surface area contributed by atoms with Crippen molar-refractivity contribution in [2.75, 3.05) is 20.2 Å². The number of hydrogen-bond acceptors (Lipinski definition) is 3. The monoisotopic (exact) mass is 453 g/mol. The predicted octanol–water partition coefficient (Wildman–Crippen LogP) is 5.84. The molecule has 0 atom stereocenters. The normalized spacial score (nSPS) is 11.0. The van der Waals surface area contributed by atoms with Gasteiger partial charge in [0.2, 0.25) is 0 Å². The molecule has 0 aliphatic heterocycles. The van der Waals surface area contributed by atoms with Crippen LogP contribution in [0.25, 0.3) is 0 Å². The van der Waals surface area contributed by atoms with Gasteiger partial charge in [-0.3, -0.25) is 4.90 Å². The second-order valence-electron chi connectivity index (χ2n) is 7.25. The molecule has 152 valence electrons. The average molecular weight is 454 g/mol. The Morgan fingerprint density at radius 2 is 1.52 bits per heavy atom. The van der Waals surface area contributed by atoms with Crippen molar-refractivity contribution in [2.45, 2.75) is 25.8 Å². The Labute approximate surface area is 182 Å². The topological polar surface area (TPSA) is 32.7 Å². The van der Waals surface area contributed by atoms with Gasteiger partial charge in [-0.15, -0.1) is 0 Å². The Morgan fingerprint density at radius 3 is 2.21 bits per heavy atom. The molecule has 0 aliphatic rings. The Hall–Kier alpha value is -2.30. The molecule has 0 amide bonds. The minimum atomic E-state index is 0.196. The molecule has 3 aromatic rings. The molecule has 29 heavy (non-hydrogen) atoms. The molecule has 0 radical (unpaired) electrons. The quantitative estimate of drug-likeness (QED) is 0.418. The Kier molecular flexibility index (Phi) is 8.14. The lowest BCUT2D eigenvalue weighted by Gasteiger charge is -2.23. The van der Waals surface area contributed by atoms with Crippen molar-refractivity contribution in [1.29, 1.82) is 0 Å². The standard InChI is InChI=1S/C25H28BrNO2/c1-29-25-14-11-22(18-24(25)28)19-27(16-5-8-20-6-3-2-4-7-20)17-15-21-9-12-23(26)13-10-21/h2-4,6-7,9-14,18,28H,5,8,15-17,19H2,1H3. The number of halogens is 1. The summed E-state index contributed by atoms with van der Waals surface area (Å²) in [6.07, 6.45) is 3.18. The lowest BCUT2D eigenvalue weighted by atomic mass is 10.1. The third-order valence-electron chi connectivity index (χ3n) is 5.06. The molecule has 1 N–H and O–H groups in total. The Bertz CT molecular complexity index is 881. The molecule has 3 aromatic carbocycles. The summed E-state index contributed by atoms with van der Waals surface area (Å²) in [5.41, 5.74) is 3.81. The van der Waals surface area contributed by atoms with Crippen LogP contribution in [0.15, 0.2) is 77.3 Å². The zero-order valence-corrected chi connectivity index (χ0v) is 18.4. The van der Waals surface area contributed by atoms with Crippen molar-refractivity contribution in [3.8, 4) is 11.5 Å². The Balaban J connectivity index is 1.62. The number of hydrogen-bond donors (Lipinski definition) is 1. The van der Waals surface area contributed by atoms with Crippen LogP contribution in [0.4, 0.5) is 0 Å². The largest absolute Gasteiger partial charge is 0.504 e. The first-order valence-corrected chi connectivity index (χ1v) is 10.8. The molecule has 0 aromatic heterocycles. The van der Waals surface area contributed by atoms with Crippen LogP contribution in [0.2, 0.25) is 0 Å². The number of aryl methyl sites for hydroxylation is 1. The first-order chi connectivity index (χ1) is 14.1. The molecule has 0 saturated carbocycles. The average Bonchev–Trinajstić information content (AvgIpc) is 2.74. The van der Waals surface area contributed by atoms with Gasteiger partial charge in [-0.05, 0) is 66.8 Å². The van der Waals surface area contributed by atoms with Gasteiger partial charge in [-0.1, -0.05) is 64.5 Å². The maximum atomic E-state index is 10.1. The number of nitrogens with zero attached hydrogens (tertiary/aromatic N) is 1. The number of methoxy groups -OCH3 is 1. The number of rotatable bonds is 10. The van der Waals surface area contributed by atoms with E-state index < -0.39 is 0 Å². The highest BCUT2D eigenvalue weighted by atomic mass is 79.9. The maximum Gasteiger partial charge on any atom is 0.160 e. The second kappa shape index (κ2) is 11.0. The van der Waals surface area contributed by atoms with E-state index in [2.05, 4.69) is 75.4 Å². The van der Waals surface area contributed by atoms with Crippen LogP contribution in [0, 0.1) is 0 Å². The van der Waals surface area contributed by atoms with Crippen molar-refractivity contribution in [3.05, 3.63) is 94.0 Å². The van der Waals surface area contributed by atoms with E-state index in [4.69, 9.17) is 4.74 Å². The van der Waals surface area contributed by atoms with Crippen LogP contribution in [0.1, 0.15) is 23.1 Å². The van der Waals surface area contributed by atoms with Gasteiger partial charge < -0.3 is 9.84 Å². The van der Waals surface area contributed by atoms with Gasteiger partial charge in [0, 0.05) is 17.6 Å². The lowest BCUT2D eigenvalue weighted by molar-refractivity contribution is 0.265.